The average Bonchev–Trinajstić information content (AvgIpc) is 2.28. The third kappa shape index (κ3) is 3.48. The Morgan fingerprint density at radius 3 is 2.76 bits per heavy atom. The molecule has 0 N–H and O–H groups in total. The highest BCUT2D eigenvalue weighted by molar-refractivity contribution is 14.1. The zero-order valence-electron chi connectivity index (χ0n) is 8.84. The SMILES string of the molecule is COC(=O)Cc1c(CCl)cnc(I)c1C(F)F. The summed E-state index contributed by atoms with van der Waals surface area (Å²) < 4.78 is 30.5. The largest absolute Gasteiger partial charge is 0.469 e. The Hall–Kier alpha value is -0.500. The predicted molar refractivity (Wildman–Crippen MR) is 67.2 cm³/mol. The Balaban J connectivity index is 3.29. The van der Waals surface area contributed by atoms with Crippen LogP contribution in [-0.2, 0) is 21.8 Å². The summed E-state index contributed by atoms with van der Waals surface area (Å²) in [6.07, 6.45) is -1.52. The van der Waals surface area contributed by atoms with E-state index >= 15 is 0 Å². The minimum atomic E-state index is -2.70. The number of nitrogens with zero attached hydrogens (tertiary/aromatic N) is 1. The van der Waals surface area contributed by atoms with Gasteiger partial charge in [-0.3, -0.25) is 4.79 Å². The van der Waals surface area contributed by atoms with E-state index in [1.54, 1.807) is 22.6 Å². The average molecular weight is 376 g/mol. The van der Waals surface area contributed by atoms with Crippen LogP contribution in [0.4, 0.5) is 8.78 Å². The Morgan fingerprint density at radius 1 is 1.65 bits per heavy atom. The van der Waals surface area contributed by atoms with Crippen molar-refractivity contribution in [2.75, 3.05) is 7.11 Å². The van der Waals surface area contributed by atoms with Gasteiger partial charge in [0.15, 0.2) is 0 Å². The second-order valence-corrected chi connectivity index (χ2v) is 4.44. The summed E-state index contributed by atoms with van der Waals surface area (Å²) in [5.41, 5.74) is 0.392. The van der Waals surface area contributed by atoms with Crippen molar-refractivity contribution in [1.29, 1.82) is 0 Å². The molecule has 1 aromatic heterocycles. The standard InChI is InChI=1S/C10H9ClF2INO2/c1-17-7(16)2-6-5(3-11)4-15-10(14)8(6)9(12)13/h4,9H,2-3H2,1H3. The van der Waals surface area contributed by atoms with Crippen molar-refractivity contribution >= 4 is 40.2 Å². The van der Waals surface area contributed by atoms with E-state index in [9.17, 15) is 13.6 Å². The molecule has 0 aliphatic rings. The Morgan fingerprint density at radius 2 is 2.29 bits per heavy atom. The van der Waals surface area contributed by atoms with Crippen molar-refractivity contribution in [3.63, 3.8) is 0 Å². The van der Waals surface area contributed by atoms with Crippen LogP contribution in [0.25, 0.3) is 0 Å². The molecule has 1 rings (SSSR count). The van der Waals surface area contributed by atoms with Crippen LogP contribution in [0.1, 0.15) is 23.1 Å². The molecule has 0 fully saturated rings. The first kappa shape index (κ1) is 14.6. The smallest absolute Gasteiger partial charge is 0.310 e. The molecule has 0 amide bonds. The number of alkyl halides is 3. The summed E-state index contributed by atoms with van der Waals surface area (Å²) in [6.45, 7) is 0. The van der Waals surface area contributed by atoms with E-state index in [2.05, 4.69) is 9.72 Å². The predicted octanol–water partition coefficient (Wildman–Crippen LogP) is 3.08. The molecule has 7 heteroatoms. The van der Waals surface area contributed by atoms with Crippen LogP contribution >= 0.6 is 34.2 Å². The molecular weight excluding hydrogens is 366 g/mol. The molecule has 0 bridgehead atoms. The Labute approximate surface area is 116 Å². The highest BCUT2D eigenvalue weighted by Crippen LogP contribution is 2.30. The van der Waals surface area contributed by atoms with Gasteiger partial charge in [-0.25, -0.2) is 13.8 Å². The van der Waals surface area contributed by atoms with Crippen LogP contribution in [0.15, 0.2) is 6.20 Å². The number of esters is 1. The summed E-state index contributed by atoms with van der Waals surface area (Å²) in [7, 11) is 1.21. The number of ether oxygens (including phenoxy) is 1. The molecule has 3 nitrogen and oxygen atoms in total. The molecule has 0 radical (unpaired) electrons. The van der Waals surface area contributed by atoms with Crippen LogP contribution in [0, 0.1) is 3.70 Å². The number of hydrogen-bond donors (Lipinski definition) is 0. The second kappa shape index (κ2) is 6.44. The van der Waals surface area contributed by atoms with Gasteiger partial charge in [-0.2, -0.15) is 0 Å². The maximum Gasteiger partial charge on any atom is 0.310 e. The van der Waals surface area contributed by atoms with Gasteiger partial charge >= 0.3 is 5.97 Å². The molecule has 0 spiro atoms. The first-order chi connectivity index (χ1) is 8.01. The number of carbonyl (C=O) groups excluding carboxylic acids is 1. The molecule has 1 aromatic rings. The molecule has 94 valence electrons. The number of hydrogen-bond acceptors (Lipinski definition) is 3. The van der Waals surface area contributed by atoms with Crippen molar-refractivity contribution in [1.82, 2.24) is 4.98 Å². The first-order valence-corrected chi connectivity index (χ1v) is 6.19. The van der Waals surface area contributed by atoms with E-state index in [0.29, 0.717) is 5.56 Å². The van der Waals surface area contributed by atoms with Crippen molar-refractivity contribution in [2.45, 2.75) is 18.7 Å². The van der Waals surface area contributed by atoms with E-state index in [1.165, 1.54) is 13.3 Å². The van der Waals surface area contributed by atoms with Crippen LogP contribution in [-0.4, -0.2) is 18.1 Å². The van der Waals surface area contributed by atoms with Crippen molar-refractivity contribution in [2.24, 2.45) is 0 Å². The number of rotatable bonds is 4. The Kier molecular flexibility index (Phi) is 5.51. The summed E-state index contributed by atoms with van der Waals surface area (Å²) in [6, 6.07) is 0. The van der Waals surface area contributed by atoms with E-state index in [0.717, 1.165) is 0 Å². The molecule has 0 aromatic carbocycles. The maximum absolute atomic E-state index is 12.9. The van der Waals surface area contributed by atoms with Crippen LogP contribution in [0.3, 0.4) is 0 Å². The molecule has 0 aliphatic heterocycles. The lowest BCUT2D eigenvalue weighted by molar-refractivity contribution is -0.139. The van der Waals surface area contributed by atoms with Gasteiger partial charge in [0.1, 0.15) is 3.70 Å². The molecule has 0 saturated carbocycles. The van der Waals surface area contributed by atoms with E-state index in [1.807, 2.05) is 0 Å². The lowest BCUT2D eigenvalue weighted by Gasteiger charge is -2.13. The minimum Gasteiger partial charge on any atom is -0.469 e. The van der Waals surface area contributed by atoms with E-state index < -0.39 is 12.4 Å². The molecular formula is C10H9ClF2INO2. The molecule has 0 saturated heterocycles. The van der Waals surface area contributed by atoms with Crippen LogP contribution in [0.5, 0.6) is 0 Å². The number of carbonyl (C=O) groups is 1. The third-order valence-corrected chi connectivity index (χ3v) is 3.33. The normalized spacial score (nSPS) is 10.7. The highest BCUT2D eigenvalue weighted by atomic mass is 127. The minimum absolute atomic E-state index is 0.0238. The zero-order chi connectivity index (χ0) is 13.0. The highest BCUT2D eigenvalue weighted by Gasteiger charge is 2.22. The zero-order valence-corrected chi connectivity index (χ0v) is 11.8. The summed E-state index contributed by atoms with van der Waals surface area (Å²) in [5, 5.41) is 0. The number of aromatic nitrogens is 1. The van der Waals surface area contributed by atoms with Gasteiger partial charge in [-0.15, -0.1) is 11.6 Å². The van der Waals surface area contributed by atoms with Gasteiger partial charge in [-0.05, 0) is 33.7 Å². The maximum atomic E-state index is 12.9. The van der Waals surface area contributed by atoms with E-state index in [4.69, 9.17) is 11.6 Å². The fourth-order valence-electron chi connectivity index (χ4n) is 1.34. The van der Waals surface area contributed by atoms with E-state index in [-0.39, 0.29) is 27.1 Å². The monoisotopic (exact) mass is 375 g/mol. The summed E-state index contributed by atoms with van der Waals surface area (Å²) in [5.74, 6) is -0.559. The lowest BCUT2D eigenvalue weighted by atomic mass is 10.0. The van der Waals surface area contributed by atoms with Gasteiger partial charge in [0.05, 0.1) is 19.1 Å². The number of halogens is 4. The first-order valence-electron chi connectivity index (χ1n) is 4.58. The van der Waals surface area contributed by atoms with Crippen LogP contribution < -0.4 is 0 Å². The summed E-state index contributed by atoms with van der Waals surface area (Å²) in [4.78, 5) is 15.0. The second-order valence-electron chi connectivity index (χ2n) is 3.15. The fourth-order valence-corrected chi connectivity index (χ4v) is 2.27. The molecule has 0 aliphatic carbocycles. The molecule has 17 heavy (non-hydrogen) atoms. The van der Waals surface area contributed by atoms with Crippen molar-refractivity contribution in [3.05, 3.63) is 26.6 Å². The molecule has 1 heterocycles. The number of methoxy groups -OCH3 is 1. The Bertz CT molecular complexity index is 429. The van der Waals surface area contributed by atoms with Gasteiger partial charge in [-0.1, -0.05) is 0 Å². The van der Waals surface area contributed by atoms with Gasteiger partial charge in [0.25, 0.3) is 6.43 Å². The van der Waals surface area contributed by atoms with Gasteiger partial charge in [0.2, 0.25) is 0 Å². The van der Waals surface area contributed by atoms with Crippen molar-refractivity contribution in [3.8, 4) is 0 Å². The third-order valence-electron chi connectivity index (χ3n) is 2.18. The van der Waals surface area contributed by atoms with Gasteiger partial charge in [0, 0.05) is 12.1 Å². The van der Waals surface area contributed by atoms with Crippen molar-refractivity contribution < 1.29 is 18.3 Å². The fraction of sp³-hybridized carbons (Fsp3) is 0.400. The van der Waals surface area contributed by atoms with Crippen LogP contribution in [0.2, 0.25) is 0 Å². The lowest BCUT2D eigenvalue weighted by Crippen LogP contribution is -2.12. The van der Waals surface area contributed by atoms with Gasteiger partial charge < -0.3 is 4.74 Å². The molecule has 0 unspecified atom stereocenters. The topological polar surface area (TPSA) is 39.2 Å². The molecule has 0 atom stereocenters. The number of pyridine rings is 1. The summed E-state index contributed by atoms with van der Waals surface area (Å²) >= 11 is 7.36. The quantitative estimate of drug-likeness (QED) is 0.351.